The third-order valence-electron chi connectivity index (χ3n) is 2.05. The molecule has 6 heteroatoms. The predicted octanol–water partition coefficient (Wildman–Crippen LogP) is 2.43. The minimum Gasteiger partial charge on any atom is -0.463 e. The first-order valence-electron chi connectivity index (χ1n) is 4.51. The van der Waals surface area contributed by atoms with Gasteiger partial charge in [0, 0.05) is 5.69 Å². The van der Waals surface area contributed by atoms with Gasteiger partial charge in [-0.15, -0.1) is 0 Å². The van der Waals surface area contributed by atoms with Crippen LogP contribution < -0.4 is 0 Å². The Morgan fingerprint density at radius 1 is 1.44 bits per heavy atom. The molecule has 0 atom stereocenters. The number of pyridine rings is 1. The van der Waals surface area contributed by atoms with Crippen LogP contribution in [0.2, 0.25) is 5.15 Å². The van der Waals surface area contributed by atoms with Crippen LogP contribution in [0.5, 0.6) is 0 Å². The third-order valence-corrected chi connectivity index (χ3v) is 2.26. The molecule has 0 aliphatic heterocycles. The number of rotatable bonds is 1. The summed E-state index contributed by atoms with van der Waals surface area (Å²) in [4.78, 5) is 14.8. The standard InChI is InChI=1S/C10H8ClN3O2/c1-6-5-8(13-14(6)10(15)16)7-3-2-4-9(11)12-7/h2-5H,1H3,(H,15,16). The van der Waals surface area contributed by atoms with Crippen LogP contribution in [0.25, 0.3) is 11.4 Å². The summed E-state index contributed by atoms with van der Waals surface area (Å²) in [6.45, 7) is 1.66. The Kier molecular flexibility index (Phi) is 2.62. The molecule has 2 aromatic rings. The van der Waals surface area contributed by atoms with E-state index in [0.29, 0.717) is 22.2 Å². The molecule has 0 saturated heterocycles. The summed E-state index contributed by atoms with van der Waals surface area (Å²) in [6, 6.07) is 6.75. The summed E-state index contributed by atoms with van der Waals surface area (Å²) in [5.74, 6) is 0. The molecular formula is C10H8ClN3O2. The molecule has 0 aliphatic rings. The maximum absolute atomic E-state index is 10.8. The highest BCUT2D eigenvalue weighted by atomic mass is 35.5. The average Bonchev–Trinajstić information content (AvgIpc) is 2.60. The maximum atomic E-state index is 10.8. The number of nitrogens with zero attached hydrogens (tertiary/aromatic N) is 3. The second-order valence-electron chi connectivity index (χ2n) is 3.21. The minimum atomic E-state index is -1.12. The molecule has 0 radical (unpaired) electrons. The average molecular weight is 238 g/mol. The summed E-state index contributed by atoms with van der Waals surface area (Å²) in [5.41, 5.74) is 1.57. The highest BCUT2D eigenvalue weighted by Gasteiger charge is 2.11. The Hall–Kier alpha value is -1.88. The maximum Gasteiger partial charge on any atom is 0.432 e. The van der Waals surface area contributed by atoms with Crippen molar-refractivity contribution in [3.05, 3.63) is 35.1 Å². The van der Waals surface area contributed by atoms with Crippen LogP contribution in [-0.2, 0) is 0 Å². The summed E-state index contributed by atoms with van der Waals surface area (Å²) in [5, 5.41) is 13.1. The van der Waals surface area contributed by atoms with E-state index < -0.39 is 6.09 Å². The van der Waals surface area contributed by atoms with Crippen molar-refractivity contribution in [2.45, 2.75) is 6.92 Å². The first kappa shape index (κ1) is 10.6. The first-order valence-corrected chi connectivity index (χ1v) is 4.88. The molecule has 0 saturated carbocycles. The number of hydrogen-bond acceptors (Lipinski definition) is 3. The van der Waals surface area contributed by atoms with Crippen molar-refractivity contribution in [1.29, 1.82) is 0 Å². The predicted molar refractivity (Wildman–Crippen MR) is 58.6 cm³/mol. The van der Waals surface area contributed by atoms with E-state index in [1.807, 2.05) is 0 Å². The van der Waals surface area contributed by atoms with Crippen LogP contribution in [0.4, 0.5) is 4.79 Å². The number of carboxylic acid groups (broad SMARTS) is 1. The van der Waals surface area contributed by atoms with Gasteiger partial charge in [-0.3, -0.25) is 0 Å². The summed E-state index contributed by atoms with van der Waals surface area (Å²) < 4.78 is 0.901. The Balaban J connectivity index is 2.49. The van der Waals surface area contributed by atoms with Crippen molar-refractivity contribution in [1.82, 2.24) is 14.8 Å². The van der Waals surface area contributed by atoms with Gasteiger partial charge in [0.2, 0.25) is 0 Å². The van der Waals surface area contributed by atoms with Crippen molar-refractivity contribution >= 4 is 17.7 Å². The van der Waals surface area contributed by atoms with Gasteiger partial charge in [-0.05, 0) is 25.1 Å². The van der Waals surface area contributed by atoms with Crippen molar-refractivity contribution in [2.75, 3.05) is 0 Å². The van der Waals surface area contributed by atoms with Gasteiger partial charge in [0.15, 0.2) is 0 Å². The van der Waals surface area contributed by atoms with E-state index in [0.717, 1.165) is 4.68 Å². The highest BCUT2D eigenvalue weighted by Crippen LogP contribution is 2.18. The molecule has 0 aliphatic carbocycles. The molecule has 2 rings (SSSR count). The molecule has 0 spiro atoms. The zero-order valence-corrected chi connectivity index (χ0v) is 9.14. The van der Waals surface area contributed by atoms with Crippen LogP contribution in [0.3, 0.4) is 0 Å². The van der Waals surface area contributed by atoms with Gasteiger partial charge in [0.1, 0.15) is 10.8 Å². The molecule has 5 nitrogen and oxygen atoms in total. The van der Waals surface area contributed by atoms with Crippen LogP contribution in [0, 0.1) is 6.92 Å². The number of aromatic nitrogens is 3. The Bertz CT molecular complexity index is 551. The van der Waals surface area contributed by atoms with E-state index in [-0.39, 0.29) is 0 Å². The second-order valence-corrected chi connectivity index (χ2v) is 3.60. The molecule has 0 fully saturated rings. The van der Waals surface area contributed by atoms with Crippen molar-refractivity contribution in [2.24, 2.45) is 0 Å². The number of hydrogen-bond donors (Lipinski definition) is 1. The second kappa shape index (κ2) is 3.94. The lowest BCUT2D eigenvalue weighted by atomic mass is 10.2. The van der Waals surface area contributed by atoms with E-state index >= 15 is 0 Å². The van der Waals surface area contributed by atoms with Crippen molar-refractivity contribution in [3.63, 3.8) is 0 Å². The highest BCUT2D eigenvalue weighted by molar-refractivity contribution is 6.29. The lowest BCUT2D eigenvalue weighted by Crippen LogP contribution is -2.11. The third kappa shape index (κ3) is 1.90. The van der Waals surface area contributed by atoms with Crippen LogP contribution in [0.1, 0.15) is 5.69 Å². The molecule has 2 aromatic heterocycles. The molecular weight excluding hydrogens is 230 g/mol. The zero-order chi connectivity index (χ0) is 11.7. The normalized spacial score (nSPS) is 10.4. The summed E-state index contributed by atoms with van der Waals surface area (Å²) >= 11 is 5.74. The van der Waals surface area contributed by atoms with Gasteiger partial charge >= 0.3 is 6.09 Å². The number of carbonyl (C=O) groups is 1. The zero-order valence-electron chi connectivity index (χ0n) is 8.38. The van der Waals surface area contributed by atoms with Gasteiger partial charge in [-0.25, -0.2) is 9.78 Å². The van der Waals surface area contributed by atoms with Gasteiger partial charge < -0.3 is 5.11 Å². The Morgan fingerprint density at radius 2 is 2.19 bits per heavy atom. The molecule has 16 heavy (non-hydrogen) atoms. The molecule has 2 heterocycles. The Morgan fingerprint density at radius 3 is 2.75 bits per heavy atom. The first-order chi connectivity index (χ1) is 7.58. The molecule has 0 bridgehead atoms. The van der Waals surface area contributed by atoms with Crippen LogP contribution in [0.15, 0.2) is 24.3 Å². The fourth-order valence-corrected chi connectivity index (χ4v) is 1.51. The van der Waals surface area contributed by atoms with Gasteiger partial charge in [-0.2, -0.15) is 9.78 Å². The fraction of sp³-hybridized carbons (Fsp3) is 0.100. The molecule has 1 N–H and O–H groups in total. The lowest BCUT2D eigenvalue weighted by molar-refractivity contribution is 0.192. The summed E-state index contributed by atoms with van der Waals surface area (Å²) in [6.07, 6.45) is -1.12. The van der Waals surface area contributed by atoms with E-state index in [9.17, 15) is 4.79 Å². The molecule has 0 unspecified atom stereocenters. The topological polar surface area (TPSA) is 68.0 Å². The van der Waals surface area contributed by atoms with E-state index in [2.05, 4.69) is 10.1 Å². The number of aryl methyl sites for hydroxylation is 1. The smallest absolute Gasteiger partial charge is 0.432 e. The molecule has 0 amide bonds. The molecule has 0 aromatic carbocycles. The van der Waals surface area contributed by atoms with E-state index in [1.165, 1.54) is 0 Å². The van der Waals surface area contributed by atoms with Gasteiger partial charge in [-0.1, -0.05) is 17.7 Å². The fourth-order valence-electron chi connectivity index (χ4n) is 1.34. The minimum absolute atomic E-state index is 0.347. The van der Waals surface area contributed by atoms with Crippen LogP contribution >= 0.6 is 11.6 Å². The quantitative estimate of drug-likeness (QED) is 0.774. The Labute approximate surface area is 96.3 Å². The van der Waals surface area contributed by atoms with E-state index in [1.54, 1.807) is 31.2 Å². The van der Waals surface area contributed by atoms with Gasteiger partial charge in [0.25, 0.3) is 0 Å². The lowest BCUT2D eigenvalue weighted by Gasteiger charge is -1.95. The van der Waals surface area contributed by atoms with Crippen molar-refractivity contribution in [3.8, 4) is 11.4 Å². The van der Waals surface area contributed by atoms with Crippen LogP contribution in [-0.4, -0.2) is 26.0 Å². The van der Waals surface area contributed by atoms with Gasteiger partial charge in [0.05, 0.1) is 5.69 Å². The summed E-state index contributed by atoms with van der Waals surface area (Å²) in [7, 11) is 0. The van der Waals surface area contributed by atoms with E-state index in [4.69, 9.17) is 16.7 Å². The largest absolute Gasteiger partial charge is 0.463 e. The number of halogens is 1. The monoisotopic (exact) mass is 237 g/mol. The van der Waals surface area contributed by atoms with Crippen molar-refractivity contribution < 1.29 is 9.90 Å². The SMILES string of the molecule is Cc1cc(-c2cccc(Cl)n2)nn1C(=O)O. The molecule has 82 valence electrons.